The second kappa shape index (κ2) is 9.82. The third-order valence-electron chi connectivity index (χ3n) is 4.12. The van der Waals surface area contributed by atoms with Crippen LogP contribution in [0.2, 0.25) is 0 Å². The van der Waals surface area contributed by atoms with Gasteiger partial charge in [-0.1, -0.05) is 50.3 Å². The standard InChI is InChI=1S/C18H31NO/c1-15(13-19)14-20-17(3)12-11-16(2)18-9-7-5-4-6-8-10-18/h11-12,18H,1,4-10,13-14,19H2,2-3H3/b16-11+,17-12+. The lowest BCUT2D eigenvalue weighted by atomic mass is 9.86. The first-order valence-corrected chi connectivity index (χ1v) is 7.98. The molecule has 0 aliphatic heterocycles. The van der Waals surface area contributed by atoms with E-state index in [0.29, 0.717) is 13.2 Å². The van der Waals surface area contributed by atoms with Gasteiger partial charge < -0.3 is 10.5 Å². The van der Waals surface area contributed by atoms with E-state index in [1.54, 1.807) is 0 Å². The van der Waals surface area contributed by atoms with Crippen LogP contribution in [0.3, 0.4) is 0 Å². The molecule has 0 atom stereocenters. The Morgan fingerprint density at radius 3 is 2.30 bits per heavy atom. The predicted octanol–water partition coefficient (Wildman–Crippen LogP) is 4.73. The van der Waals surface area contributed by atoms with E-state index >= 15 is 0 Å². The van der Waals surface area contributed by atoms with E-state index in [0.717, 1.165) is 17.3 Å². The van der Waals surface area contributed by atoms with Gasteiger partial charge in [-0.2, -0.15) is 0 Å². The third-order valence-corrected chi connectivity index (χ3v) is 4.12. The molecule has 114 valence electrons. The van der Waals surface area contributed by atoms with Gasteiger partial charge in [0.05, 0.1) is 5.76 Å². The molecule has 1 aliphatic rings. The normalized spacial score (nSPS) is 19.4. The minimum Gasteiger partial charge on any atom is -0.494 e. The fourth-order valence-corrected chi connectivity index (χ4v) is 2.62. The molecule has 1 fully saturated rings. The summed E-state index contributed by atoms with van der Waals surface area (Å²) in [5.74, 6) is 1.70. The lowest BCUT2D eigenvalue weighted by Crippen LogP contribution is -2.07. The zero-order valence-corrected chi connectivity index (χ0v) is 13.3. The number of ether oxygens (including phenoxy) is 1. The molecule has 1 rings (SSSR count). The van der Waals surface area contributed by atoms with Crippen molar-refractivity contribution in [2.45, 2.75) is 58.8 Å². The van der Waals surface area contributed by atoms with Gasteiger partial charge in [0, 0.05) is 6.54 Å². The first kappa shape index (κ1) is 17.0. The number of rotatable bonds is 6. The molecule has 0 radical (unpaired) electrons. The molecule has 0 amide bonds. The highest BCUT2D eigenvalue weighted by Crippen LogP contribution is 2.27. The van der Waals surface area contributed by atoms with E-state index in [2.05, 4.69) is 25.7 Å². The number of allylic oxidation sites excluding steroid dienone is 4. The smallest absolute Gasteiger partial charge is 0.110 e. The summed E-state index contributed by atoms with van der Waals surface area (Å²) in [6, 6.07) is 0. The second-order valence-electron chi connectivity index (χ2n) is 5.97. The van der Waals surface area contributed by atoms with Crippen molar-refractivity contribution >= 4 is 0 Å². The maximum atomic E-state index is 5.61. The molecule has 0 bridgehead atoms. The fourth-order valence-electron chi connectivity index (χ4n) is 2.62. The zero-order chi connectivity index (χ0) is 14.8. The van der Waals surface area contributed by atoms with Crippen LogP contribution in [0.4, 0.5) is 0 Å². The molecule has 2 N–H and O–H groups in total. The first-order valence-electron chi connectivity index (χ1n) is 7.98. The van der Waals surface area contributed by atoms with E-state index in [-0.39, 0.29) is 0 Å². The summed E-state index contributed by atoms with van der Waals surface area (Å²) in [6.07, 6.45) is 14.0. The van der Waals surface area contributed by atoms with Crippen LogP contribution in [-0.4, -0.2) is 13.2 Å². The van der Waals surface area contributed by atoms with E-state index in [1.807, 2.05) is 6.92 Å². The van der Waals surface area contributed by atoms with Gasteiger partial charge in [-0.15, -0.1) is 0 Å². The van der Waals surface area contributed by atoms with Crippen LogP contribution in [0.5, 0.6) is 0 Å². The fraction of sp³-hybridized carbons (Fsp3) is 0.667. The Labute approximate surface area is 124 Å². The summed E-state index contributed by atoms with van der Waals surface area (Å²) in [6.45, 7) is 9.10. The van der Waals surface area contributed by atoms with E-state index in [1.165, 1.54) is 50.5 Å². The van der Waals surface area contributed by atoms with Crippen LogP contribution >= 0.6 is 0 Å². The summed E-state index contributed by atoms with van der Waals surface area (Å²) in [5, 5.41) is 0. The van der Waals surface area contributed by atoms with Gasteiger partial charge in [0.25, 0.3) is 0 Å². The summed E-state index contributed by atoms with van der Waals surface area (Å²) in [5.41, 5.74) is 7.92. The molecular weight excluding hydrogens is 246 g/mol. The maximum Gasteiger partial charge on any atom is 0.110 e. The molecule has 2 heteroatoms. The Hall–Kier alpha value is -1.02. The van der Waals surface area contributed by atoms with Gasteiger partial charge in [-0.05, 0) is 44.3 Å². The van der Waals surface area contributed by atoms with Crippen molar-refractivity contribution in [1.29, 1.82) is 0 Å². The molecule has 20 heavy (non-hydrogen) atoms. The maximum absolute atomic E-state index is 5.61. The van der Waals surface area contributed by atoms with Gasteiger partial charge in [0.2, 0.25) is 0 Å². The molecule has 0 aromatic heterocycles. The topological polar surface area (TPSA) is 35.2 Å². The van der Waals surface area contributed by atoms with Crippen LogP contribution in [0.1, 0.15) is 58.8 Å². The van der Waals surface area contributed by atoms with Crippen LogP contribution < -0.4 is 5.73 Å². The van der Waals surface area contributed by atoms with Crippen LogP contribution in [-0.2, 0) is 4.74 Å². The number of nitrogens with two attached hydrogens (primary N) is 1. The quantitative estimate of drug-likeness (QED) is 0.433. The van der Waals surface area contributed by atoms with Crippen molar-refractivity contribution in [1.82, 2.24) is 0 Å². The minimum atomic E-state index is 0.490. The molecule has 0 saturated heterocycles. The Kier molecular flexibility index (Phi) is 8.36. The van der Waals surface area contributed by atoms with Crippen LogP contribution in [0, 0.1) is 5.92 Å². The van der Waals surface area contributed by atoms with E-state index < -0.39 is 0 Å². The molecule has 0 aromatic carbocycles. The first-order chi connectivity index (χ1) is 9.63. The van der Waals surface area contributed by atoms with Crippen LogP contribution in [0.25, 0.3) is 0 Å². The molecule has 0 spiro atoms. The van der Waals surface area contributed by atoms with Crippen molar-refractivity contribution in [3.8, 4) is 0 Å². The Balaban J connectivity index is 2.46. The highest BCUT2D eigenvalue weighted by Gasteiger charge is 2.12. The average Bonchev–Trinajstić information content (AvgIpc) is 2.41. The minimum absolute atomic E-state index is 0.490. The van der Waals surface area contributed by atoms with Crippen molar-refractivity contribution in [2.75, 3.05) is 13.2 Å². The molecule has 0 unspecified atom stereocenters. The highest BCUT2D eigenvalue weighted by atomic mass is 16.5. The summed E-state index contributed by atoms with van der Waals surface area (Å²) >= 11 is 0. The van der Waals surface area contributed by atoms with Gasteiger partial charge >= 0.3 is 0 Å². The SMILES string of the molecule is C=C(CN)CO/C(C)=C/C=C(\C)C1CCCCCCC1. The van der Waals surface area contributed by atoms with Crippen molar-refractivity contribution < 1.29 is 4.74 Å². The molecular formula is C18H31NO. The largest absolute Gasteiger partial charge is 0.494 e. The van der Waals surface area contributed by atoms with Gasteiger partial charge in [0.1, 0.15) is 6.61 Å². The van der Waals surface area contributed by atoms with Crippen molar-refractivity contribution in [3.63, 3.8) is 0 Å². The summed E-state index contributed by atoms with van der Waals surface area (Å²) in [4.78, 5) is 0. The lowest BCUT2D eigenvalue weighted by Gasteiger charge is -2.20. The average molecular weight is 277 g/mol. The predicted molar refractivity (Wildman–Crippen MR) is 87.5 cm³/mol. The Morgan fingerprint density at radius 1 is 1.10 bits per heavy atom. The van der Waals surface area contributed by atoms with Gasteiger partial charge in [0.15, 0.2) is 0 Å². The third kappa shape index (κ3) is 6.95. The molecule has 0 heterocycles. The van der Waals surface area contributed by atoms with E-state index in [4.69, 9.17) is 10.5 Å². The van der Waals surface area contributed by atoms with Gasteiger partial charge in [-0.25, -0.2) is 0 Å². The van der Waals surface area contributed by atoms with Crippen molar-refractivity contribution in [2.24, 2.45) is 11.7 Å². The second-order valence-corrected chi connectivity index (χ2v) is 5.97. The zero-order valence-electron chi connectivity index (χ0n) is 13.3. The molecule has 2 nitrogen and oxygen atoms in total. The Morgan fingerprint density at radius 2 is 1.70 bits per heavy atom. The molecule has 1 aliphatic carbocycles. The van der Waals surface area contributed by atoms with Gasteiger partial charge in [-0.3, -0.25) is 0 Å². The number of hydrogen-bond donors (Lipinski definition) is 1. The van der Waals surface area contributed by atoms with E-state index in [9.17, 15) is 0 Å². The Bertz CT molecular complexity index is 346. The monoisotopic (exact) mass is 277 g/mol. The summed E-state index contributed by atoms with van der Waals surface area (Å²) < 4.78 is 5.61. The lowest BCUT2D eigenvalue weighted by molar-refractivity contribution is 0.241. The molecule has 1 saturated carbocycles. The van der Waals surface area contributed by atoms with Crippen LogP contribution in [0.15, 0.2) is 35.6 Å². The van der Waals surface area contributed by atoms with Crippen molar-refractivity contribution in [3.05, 3.63) is 35.6 Å². The number of hydrogen-bond acceptors (Lipinski definition) is 2. The molecule has 0 aromatic rings. The summed E-state index contributed by atoms with van der Waals surface area (Å²) in [7, 11) is 0. The highest BCUT2D eigenvalue weighted by molar-refractivity contribution is 5.15.